The molecule has 8 heteroatoms. The Hall–Kier alpha value is -1.13. The first kappa shape index (κ1) is 25.9. The Labute approximate surface area is 191 Å². The molecule has 1 fully saturated rings. The third-order valence-electron chi connectivity index (χ3n) is 4.34. The van der Waals surface area contributed by atoms with Gasteiger partial charge in [-0.2, -0.15) is 0 Å². The van der Waals surface area contributed by atoms with E-state index in [1.807, 2.05) is 24.0 Å². The summed E-state index contributed by atoms with van der Waals surface area (Å²) in [5.41, 5.74) is 1.49. The van der Waals surface area contributed by atoms with Crippen molar-refractivity contribution in [3.05, 3.63) is 29.6 Å². The predicted molar refractivity (Wildman–Crippen MR) is 128 cm³/mol. The van der Waals surface area contributed by atoms with Gasteiger partial charge in [-0.25, -0.2) is 9.38 Å². The Kier molecular flexibility index (Phi) is 13.2. The summed E-state index contributed by atoms with van der Waals surface area (Å²) in [5.74, 6) is 1.10. The Morgan fingerprint density at radius 3 is 2.69 bits per heavy atom. The minimum atomic E-state index is -0.199. The summed E-state index contributed by atoms with van der Waals surface area (Å²) in [5, 5.41) is 6.52. The second-order valence-corrected chi connectivity index (χ2v) is 7.33. The van der Waals surface area contributed by atoms with Crippen molar-refractivity contribution in [2.75, 3.05) is 57.5 Å². The van der Waals surface area contributed by atoms with Gasteiger partial charge < -0.3 is 25.0 Å². The zero-order valence-corrected chi connectivity index (χ0v) is 20.2. The molecule has 1 aliphatic heterocycles. The first-order valence-electron chi connectivity index (χ1n) is 10.3. The quantitative estimate of drug-likeness (QED) is 0.214. The van der Waals surface area contributed by atoms with E-state index in [0.29, 0.717) is 31.4 Å². The number of ether oxygens (including phenoxy) is 2. The van der Waals surface area contributed by atoms with E-state index >= 15 is 0 Å². The lowest BCUT2D eigenvalue weighted by Crippen LogP contribution is -2.38. The molecular weight excluding hydrogens is 486 g/mol. The van der Waals surface area contributed by atoms with Crippen LogP contribution in [0.25, 0.3) is 0 Å². The van der Waals surface area contributed by atoms with Crippen molar-refractivity contribution in [3.63, 3.8) is 0 Å². The molecule has 1 saturated heterocycles. The maximum Gasteiger partial charge on any atom is 0.191 e. The van der Waals surface area contributed by atoms with Gasteiger partial charge in [-0.3, -0.25) is 0 Å². The largest absolute Gasteiger partial charge is 0.381 e. The fraction of sp³-hybridized carbons (Fsp3) is 0.667. The van der Waals surface area contributed by atoms with Crippen LogP contribution in [0.15, 0.2) is 23.2 Å². The molecule has 1 heterocycles. The maximum absolute atomic E-state index is 14.5. The summed E-state index contributed by atoms with van der Waals surface area (Å²) in [6.45, 7) is 12.6. The van der Waals surface area contributed by atoms with E-state index in [2.05, 4.69) is 29.5 Å². The van der Waals surface area contributed by atoms with Crippen LogP contribution in [0.1, 0.15) is 32.8 Å². The minimum Gasteiger partial charge on any atom is -0.381 e. The molecule has 1 aromatic rings. The van der Waals surface area contributed by atoms with Gasteiger partial charge in [0.15, 0.2) is 5.96 Å². The molecule has 0 aliphatic carbocycles. The van der Waals surface area contributed by atoms with Gasteiger partial charge in [-0.1, -0.05) is 19.9 Å². The van der Waals surface area contributed by atoms with Crippen LogP contribution >= 0.6 is 24.0 Å². The monoisotopic (exact) mass is 522 g/mol. The molecule has 0 bridgehead atoms. The highest BCUT2D eigenvalue weighted by molar-refractivity contribution is 14.0. The first-order chi connectivity index (χ1) is 13.6. The first-order valence-corrected chi connectivity index (χ1v) is 10.3. The van der Waals surface area contributed by atoms with E-state index < -0.39 is 0 Å². The SMILES string of the molecule is CCNC(=NCc1ccc(N2CCOCC2)c(F)c1)NCCCOCC(C)C.I. The number of hydrogen-bond acceptors (Lipinski definition) is 4. The molecule has 0 saturated carbocycles. The average Bonchev–Trinajstić information content (AvgIpc) is 2.69. The van der Waals surface area contributed by atoms with Gasteiger partial charge in [-0.15, -0.1) is 24.0 Å². The van der Waals surface area contributed by atoms with Crippen molar-refractivity contribution >= 4 is 35.6 Å². The molecule has 0 unspecified atom stereocenters. The Balaban J connectivity index is 0.00000420. The van der Waals surface area contributed by atoms with E-state index in [1.165, 1.54) is 0 Å². The zero-order valence-electron chi connectivity index (χ0n) is 17.9. The number of benzene rings is 1. The van der Waals surface area contributed by atoms with E-state index in [1.54, 1.807) is 6.07 Å². The van der Waals surface area contributed by atoms with Gasteiger partial charge in [0.05, 0.1) is 25.4 Å². The van der Waals surface area contributed by atoms with Gasteiger partial charge in [-0.05, 0) is 37.0 Å². The van der Waals surface area contributed by atoms with Crippen LogP contribution in [-0.4, -0.2) is 58.6 Å². The number of anilines is 1. The number of aliphatic imine (C=N–C) groups is 1. The lowest BCUT2D eigenvalue weighted by Gasteiger charge is -2.29. The number of rotatable bonds is 10. The Morgan fingerprint density at radius 2 is 2.03 bits per heavy atom. The van der Waals surface area contributed by atoms with Crippen molar-refractivity contribution in [3.8, 4) is 0 Å². The minimum absolute atomic E-state index is 0. The van der Waals surface area contributed by atoms with Crippen molar-refractivity contribution in [2.24, 2.45) is 10.9 Å². The van der Waals surface area contributed by atoms with Gasteiger partial charge in [0.1, 0.15) is 5.82 Å². The highest BCUT2D eigenvalue weighted by Gasteiger charge is 2.15. The maximum atomic E-state index is 14.5. The van der Waals surface area contributed by atoms with Gasteiger partial charge in [0.2, 0.25) is 0 Å². The smallest absolute Gasteiger partial charge is 0.191 e. The summed E-state index contributed by atoms with van der Waals surface area (Å²) in [7, 11) is 0. The van der Waals surface area contributed by atoms with Gasteiger partial charge in [0, 0.05) is 39.4 Å². The normalized spacial score (nSPS) is 14.7. The number of nitrogens with zero attached hydrogens (tertiary/aromatic N) is 2. The molecule has 0 radical (unpaired) electrons. The number of hydrogen-bond donors (Lipinski definition) is 2. The van der Waals surface area contributed by atoms with Crippen LogP contribution in [0, 0.1) is 11.7 Å². The van der Waals surface area contributed by atoms with Crippen molar-refractivity contribution in [1.29, 1.82) is 0 Å². The van der Waals surface area contributed by atoms with E-state index in [0.717, 1.165) is 57.3 Å². The van der Waals surface area contributed by atoms with Crippen LogP contribution in [-0.2, 0) is 16.0 Å². The molecule has 2 N–H and O–H groups in total. The molecule has 1 aromatic carbocycles. The fourth-order valence-corrected chi connectivity index (χ4v) is 2.92. The van der Waals surface area contributed by atoms with Crippen molar-refractivity contribution in [2.45, 2.75) is 33.7 Å². The third kappa shape index (κ3) is 9.95. The lowest BCUT2D eigenvalue weighted by atomic mass is 10.1. The summed E-state index contributed by atoms with van der Waals surface area (Å²) >= 11 is 0. The highest BCUT2D eigenvalue weighted by atomic mass is 127. The van der Waals surface area contributed by atoms with Gasteiger partial charge >= 0.3 is 0 Å². The molecule has 0 atom stereocenters. The standard InChI is InChI=1S/C21H35FN4O2.HI/c1-4-23-21(24-8-5-11-28-16-17(2)3)25-15-18-6-7-20(19(22)14-18)26-9-12-27-13-10-26;/h6-7,14,17H,4-5,8-13,15-16H2,1-3H3,(H2,23,24,25);1H. The lowest BCUT2D eigenvalue weighted by molar-refractivity contribution is 0.108. The number of halogens is 2. The molecule has 0 amide bonds. The zero-order chi connectivity index (χ0) is 20.2. The van der Waals surface area contributed by atoms with E-state index in [-0.39, 0.29) is 29.8 Å². The topological polar surface area (TPSA) is 58.1 Å². The molecule has 2 rings (SSSR count). The third-order valence-corrected chi connectivity index (χ3v) is 4.34. The molecule has 0 aromatic heterocycles. The summed E-state index contributed by atoms with van der Waals surface area (Å²) < 4.78 is 25.4. The predicted octanol–water partition coefficient (Wildman–Crippen LogP) is 3.40. The van der Waals surface area contributed by atoms with Gasteiger partial charge in [0.25, 0.3) is 0 Å². The highest BCUT2D eigenvalue weighted by Crippen LogP contribution is 2.21. The Bertz CT molecular complexity index is 610. The summed E-state index contributed by atoms with van der Waals surface area (Å²) in [6, 6.07) is 5.37. The van der Waals surface area contributed by atoms with Crippen molar-refractivity contribution in [1.82, 2.24) is 10.6 Å². The van der Waals surface area contributed by atoms with E-state index in [9.17, 15) is 4.39 Å². The summed E-state index contributed by atoms with van der Waals surface area (Å²) in [4.78, 5) is 6.59. The van der Waals surface area contributed by atoms with Crippen molar-refractivity contribution < 1.29 is 13.9 Å². The number of nitrogens with one attached hydrogen (secondary N) is 2. The van der Waals surface area contributed by atoms with Crippen LogP contribution in [0.2, 0.25) is 0 Å². The molecule has 29 heavy (non-hydrogen) atoms. The van der Waals surface area contributed by atoms with Crippen LogP contribution in [0.4, 0.5) is 10.1 Å². The summed E-state index contributed by atoms with van der Waals surface area (Å²) in [6.07, 6.45) is 0.917. The fourth-order valence-electron chi connectivity index (χ4n) is 2.92. The van der Waals surface area contributed by atoms with Crippen LogP contribution in [0.5, 0.6) is 0 Å². The molecular formula is C21H36FIN4O2. The average molecular weight is 522 g/mol. The van der Waals surface area contributed by atoms with Crippen LogP contribution in [0.3, 0.4) is 0 Å². The molecule has 6 nitrogen and oxygen atoms in total. The van der Waals surface area contributed by atoms with Crippen LogP contribution < -0.4 is 15.5 Å². The second-order valence-electron chi connectivity index (χ2n) is 7.33. The molecule has 166 valence electrons. The Morgan fingerprint density at radius 1 is 1.28 bits per heavy atom. The van der Waals surface area contributed by atoms with E-state index in [4.69, 9.17) is 9.47 Å². The molecule has 0 spiro atoms. The number of guanidine groups is 1. The molecule has 1 aliphatic rings. The number of morpholine rings is 1. The second kappa shape index (κ2) is 14.8.